The van der Waals surface area contributed by atoms with Crippen molar-refractivity contribution < 1.29 is 23.1 Å². The molecule has 22 heavy (non-hydrogen) atoms. The maximum atomic E-state index is 12.2. The second-order valence-corrected chi connectivity index (χ2v) is 7.48. The zero-order valence-corrected chi connectivity index (χ0v) is 14.1. The molecule has 0 saturated heterocycles. The van der Waals surface area contributed by atoms with Crippen molar-refractivity contribution in [2.24, 2.45) is 0 Å². The molecule has 2 N–H and O–H groups in total. The summed E-state index contributed by atoms with van der Waals surface area (Å²) in [5.41, 5.74) is -1.09. The van der Waals surface area contributed by atoms with E-state index in [0.29, 0.717) is 17.3 Å². The van der Waals surface area contributed by atoms with Gasteiger partial charge in [0.15, 0.2) is 0 Å². The van der Waals surface area contributed by atoms with Crippen molar-refractivity contribution in [1.29, 1.82) is 0 Å². The highest BCUT2D eigenvalue weighted by Crippen LogP contribution is 2.36. The summed E-state index contributed by atoms with van der Waals surface area (Å²) < 4.78 is 31.3. The summed E-state index contributed by atoms with van der Waals surface area (Å²) in [5, 5.41) is 10.4. The van der Waals surface area contributed by atoms with Gasteiger partial charge in [-0.05, 0) is 19.4 Å². The van der Waals surface area contributed by atoms with Gasteiger partial charge in [-0.25, -0.2) is 8.42 Å². The number of carbonyl (C=O) groups excluding carboxylic acids is 1. The minimum atomic E-state index is -3.71. The standard InChI is InChI=1S/C13H15BrN2O5S/c1-13(9-4-2-6-15-8-9)11(18)10(17)12(21-13)16-22(19,20)7-3-5-14/h2,4,6,8,16-17H,3,5,7H2,1H3. The monoisotopic (exact) mass is 390 g/mol. The Hall–Kier alpha value is -1.61. The van der Waals surface area contributed by atoms with Crippen LogP contribution in [-0.4, -0.2) is 35.4 Å². The molecule has 0 radical (unpaired) electrons. The number of halogens is 1. The van der Waals surface area contributed by atoms with Gasteiger partial charge in [0.05, 0.1) is 5.75 Å². The number of aromatic nitrogens is 1. The largest absolute Gasteiger partial charge is 0.501 e. The van der Waals surface area contributed by atoms with Gasteiger partial charge in [-0.1, -0.05) is 22.0 Å². The highest BCUT2D eigenvalue weighted by Gasteiger charge is 2.48. The van der Waals surface area contributed by atoms with E-state index in [1.54, 1.807) is 12.1 Å². The predicted octanol–water partition coefficient (Wildman–Crippen LogP) is 1.33. The van der Waals surface area contributed by atoms with Crippen LogP contribution in [0.5, 0.6) is 0 Å². The third-order valence-corrected chi connectivity index (χ3v) is 5.06. The van der Waals surface area contributed by atoms with Gasteiger partial charge in [0, 0.05) is 23.3 Å². The number of Topliss-reactive ketones (excluding diaryl/α,β-unsaturated/α-hetero) is 1. The lowest BCUT2D eigenvalue weighted by Crippen LogP contribution is -2.32. The average Bonchev–Trinajstić information content (AvgIpc) is 2.71. The number of pyridine rings is 1. The minimum absolute atomic E-state index is 0.157. The molecule has 1 atom stereocenters. The van der Waals surface area contributed by atoms with E-state index in [4.69, 9.17) is 4.74 Å². The van der Waals surface area contributed by atoms with Gasteiger partial charge >= 0.3 is 0 Å². The number of rotatable bonds is 6. The van der Waals surface area contributed by atoms with Crippen molar-refractivity contribution in [2.75, 3.05) is 11.1 Å². The van der Waals surface area contributed by atoms with E-state index in [9.17, 15) is 18.3 Å². The van der Waals surface area contributed by atoms with Crippen LogP contribution in [0.15, 0.2) is 36.2 Å². The number of aliphatic hydroxyl groups is 1. The van der Waals surface area contributed by atoms with Gasteiger partial charge in [-0.2, -0.15) is 0 Å². The molecule has 0 fully saturated rings. The molecule has 7 nitrogen and oxygen atoms in total. The molecule has 2 heterocycles. The number of ketones is 1. The van der Waals surface area contributed by atoms with E-state index in [1.165, 1.54) is 19.3 Å². The lowest BCUT2D eigenvalue weighted by Gasteiger charge is -2.23. The van der Waals surface area contributed by atoms with Crippen molar-refractivity contribution >= 4 is 31.7 Å². The Morgan fingerprint density at radius 2 is 2.23 bits per heavy atom. The van der Waals surface area contributed by atoms with Crippen LogP contribution in [0.1, 0.15) is 18.9 Å². The second kappa shape index (κ2) is 6.25. The molecule has 1 aromatic heterocycles. The first-order chi connectivity index (χ1) is 10.3. The van der Waals surface area contributed by atoms with Gasteiger partial charge < -0.3 is 9.84 Å². The Labute approximate surface area is 136 Å². The first-order valence-electron chi connectivity index (χ1n) is 6.44. The molecule has 1 aliphatic rings. The molecule has 2 rings (SSSR count). The summed E-state index contributed by atoms with van der Waals surface area (Å²) in [7, 11) is -3.71. The summed E-state index contributed by atoms with van der Waals surface area (Å²) in [6, 6.07) is 3.23. The van der Waals surface area contributed by atoms with Gasteiger partial charge in [0.25, 0.3) is 5.78 Å². The number of hydrogen-bond acceptors (Lipinski definition) is 6. The number of carbonyl (C=O) groups is 1. The van der Waals surface area contributed by atoms with Crippen molar-refractivity contribution in [3.05, 3.63) is 41.7 Å². The smallest absolute Gasteiger partial charge is 0.250 e. The number of aliphatic hydroxyl groups excluding tert-OH is 1. The Morgan fingerprint density at radius 3 is 2.82 bits per heavy atom. The maximum Gasteiger partial charge on any atom is 0.250 e. The highest BCUT2D eigenvalue weighted by atomic mass is 79.9. The van der Waals surface area contributed by atoms with E-state index in [2.05, 4.69) is 25.6 Å². The lowest BCUT2D eigenvalue weighted by molar-refractivity contribution is -0.131. The molecule has 0 saturated carbocycles. The van der Waals surface area contributed by atoms with Crippen LogP contribution in [0.4, 0.5) is 0 Å². The van der Waals surface area contributed by atoms with Gasteiger partial charge in [-0.3, -0.25) is 14.5 Å². The number of sulfonamides is 1. The normalized spacial score (nSPS) is 21.8. The zero-order chi connectivity index (χ0) is 16.4. The molecule has 0 spiro atoms. The van der Waals surface area contributed by atoms with Crippen LogP contribution < -0.4 is 4.72 Å². The first kappa shape index (κ1) is 16.8. The van der Waals surface area contributed by atoms with Crippen LogP contribution in [0.3, 0.4) is 0 Å². The molecule has 1 unspecified atom stereocenters. The minimum Gasteiger partial charge on any atom is -0.501 e. The molecule has 0 bridgehead atoms. The molecular formula is C13H15BrN2O5S. The molecule has 0 aliphatic carbocycles. The lowest BCUT2D eigenvalue weighted by atomic mass is 9.93. The molecule has 1 aromatic rings. The molecule has 9 heteroatoms. The summed E-state index contributed by atoms with van der Waals surface area (Å²) in [6.07, 6.45) is 3.34. The number of hydrogen-bond donors (Lipinski definition) is 2. The van der Waals surface area contributed by atoms with Crippen molar-refractivity contribution in [2.45, 2.75) is 18.9 Å². The van der Waals surface area contributed by atoms with E-state index >= 15 is 0 Å². The fourth-order valence-corrected chi connectivity index (χ4v) is 3.67. The third-order valence-electron chi connectivity index (χ3n) is 3.18. The van der Waals surface area contributed by atoms with Crippen LogP contribution in [0, 0.1) is 0 Å². The molecule has 120 valence electrons. The molecule has 0 aromatic carbocycles. The average molecular weight is 391 g/mol. The van der Waals surface area contributed by atoms with E-state index in [0.717, 1.165) is 0 Å². The van der Waals surface area contributed by atoms with Crippen LogP contribution >= 0.6 is 15.9 Å². The van der Waals surface area contributed by atoms with E-state index in [1.807, 2.05) is 0 Å². The first-order valence-corrected chi connectivity index (χ1v) is 9.21. The zero-order valence-electron chi connectivity index (χ0n) is 11.7. The third kappa shape index (κ3) is 3.25. The fourth-order valence-electron chi connectivity index (χ4n) is 1.97. The summed E-state index contributed by atoms with van der Waals surface area (Å²) in [5.74, 6) is -2.07. The molecule has 0 amide bonds. The highest BCUT2D eigenvalue weighted by molar-refractivity contribution is 9.09. The van der Waals surface area contributed by atoms with Crippen LogP contribution in [0.25, 0.3) is 0 Å². The number of nitrogens with zero attached hydrogens (tertiary/aromatic N) is 1. The van der Waals surface area contributed by atoms with Crippen molar-refractivity contribution in [1.82, 2.24) is 9.71 Å². The summed E-state index contributed by atoms with van der Waals surface area (Å²) in [6.45, 7) is 1.45. The summed E-state index contributed by atoms with van der Waals surface area (Å²) in [4.78, 5) is 16.1. The number of ether oxygens (including phenoxy) is 1. The number of alkyl halides is 1. The van der Waals surface area contributed by atoms with Crippen LogP contribution in [0.2, 0.25) is 0 Å². The second-order valence-electron chi connectivity index (χ2n) is 4.85. The number of nitrogens with one attached hydrogen (secondary N) is 1. The van der Waals surface area contributed by atoms with Crippen molar-refractivity contribution in [3.8, 4) is 0 Å². The van der Waals surface area contributed by atoms with E-state index in [-0.39, 0.29) is 5.75 Å². The Bertz CT molecular complexity index is 704. The SMILES string of the molecule is CC1(c2cccnc2)OC(NS(=O)(=O)CCCBr)=C(O)C1=O. The van der Waals surface area contributed by atoms with Crippen LogP contribution in [-0.2, 0) is 25.2 Å². The van der Waals surface area contributed by atoms with Gasteiger partial charge in [0.2, 0.25) is 27.3 Å². The Balaban J connectivity index is 2.24. The molecular weight excluding hydrogens is 376 g/mol. The maximum absolute atomic E-state index is 12.2. The summed E-state index contributed by atoms with van der Waals surface area (Å²) >= 11 is 3.14. The molecule has 1 aliphatic heterocycles. The quantitative estimate of drug-likeness (QED) is 0.709. The Kier molecular flexibility index (Phi) is 4.76. The van der Waals surface area contributed by atoms with Gasteiger partial charge in [-0.15, -0.1) is 0 Å². The topological polar surface area (TPSA) is 106 Å². The Morgan fingerprint density at radius 1 is 1.50 bits per heavy atom. The van der Waals surface area contributed by atoms with Gasteiger partial charge in [0.1, 0.15) is 0 Å². The fraction of sp³-hybridized carbons (Fsp3) is 0.385. The van der Waals surface area contributed by atoms with E-state index < -0.39 is 33.0 Å². The van der Waals surface area contributed by atoms with Crippen molar-refractivity contribution in [3.63, 3.8) is 0 Å². The predicted molar refractivity (Wildman–Crippen MR) is 82.7 cm³/mol.